The fourth-order valence-corrected chi connectivity index (χ4v) is 2.93. The van der Waals surface area contributed by atoms with E-state index in [1.807, 2.05) is 55.5 Å². The minimum absolute atomic E-state index is 0.0710. The molecule has 4 heteroatoms. The zero-order chi connectivity index (χ0) is 19.1. The van der Waals surface area contributed by atoms with Gasteiger partial charge in [0.05, 0.1) is 12.3 Å². The molecule has 0 aliphatic rings. The van der Waals surface area contributed by atoms with Gasteiger partial charge in [0.2, 0.25) is 5.88 Å². The van der Waals surface area contributed by atoms with Crippen molar-refractivity contribution in [1.82, 2.24) is 4.98 Å². The molecule has 0 aliphatic heterocycles. The quantitative estimate of drug-likeness (QED) is 0.563. The highest BCUT2D eigenvalue weighted by Crippen LogP contribution is 2.28. The maximum atomic E-state index is 13.2. The second-order valence-electron chi connectivity index (χ2n) is 6.30. The first kappa shape index (κ1) is 18.8. The summed E-state index contributed by atoms with van der Waals surface area (Å²) in [4.78, 5) is 16.9. The fourth-order valence-electron chi connectivity index (χ4n) is 2.93. The van der Waals surface area contributed by atoms with Crippen LogP contribution in [0.4, 0.5) is 4.39 Å². The number of carbonyl (C=O) groups is 1. The van der Waals surface area contributed by atoms with Gasteiger partial charge in [-0.2, -0.15) is 0 Å². The van der Waals surface area contributed by atoms with Crippen molar-refractivity contribution in [2.24, 2.45) is 0 Å². The van der Waals surface area contributed by atoms with Crippen molar-refractivity contribution in [3.8, 4) is 17.0 Å². The number of hydrogen-bond donors (Lipinski definition) is 0. The van der Waals surface area contributed by atoms with Crippen molar-refractivity contribution in [3.63, 3.8) is 0 Å². The molecule has 3 rings (SSSR count). The highest BCUT2D eigenvalue weighted by atomic mass is 19.1. The molecule has 1 aromatic heterocycles. The van der Waals surface area contributed by atoms with Gasteiger partial charge < -0.3 is 4.74 Å². The van der Waals surface area contributed by atoms with E-state index in [0.717, 1.165) is 16.7 Å². The third-order valence-electron chi connectivity index (χ3n) is 4.24. The Morgan fingerprint density at radius 3 is 2.59 bits per heavy atom. The van der Waals surface area contributed by atoms with E-state index in [0.29, 0.717) is 31.0 Å². The van der Waals surface area contributed by atoms with Gasteiger partial charge in [0.15, 0.2) is 0 Å². The number of aryl methyl sites for hydroxylation is 1. The summed E-state index contributed by atoms with van der Waals surface area (Å²) in [6.45, 7) is 2.41. The van der Waals surface area contributed by atoms with Crippen LogP contribution < -0.4 is 4.74 Å². The molecule has 0 aliphatic carbocycles. The summed E-state index contributed by atoms with van der Waals surface area (Å²) in [5.74, 6) is 0.334. The molecule has 138 valence electrons. The summed E-state index contributed by atoms with van der Waals surface area (Å²) < 4.78 is 18.9. The van der Waals surface area contributed by atoms with Gasteiger partial charge in [0.25, 0.3) is 0 Å². The topological polar surface area (TPSA) is 39.2 Å². The van der Waals surface area contributed by atoms with Crippen molar-refractivity contribution in [3.05, 3.63) is 83.8 Å². The second-order valence-corrected chi connectivity index (χ2v) is 6.30. The van der Waals surface area contributed by atoms with Crippen molar-refractivity contribution < 1.29 is 13.9 Å². The summed E-state index contributed by atoms with van der Waals surface area (Å²) in [5, 5.41) is 0. The SMILES string of the molecule is CCOc1nc(CC(=O)CCc2cccc(F)c2)ccc1-c1ccccc1. The Hall–Kier alpha value is -3.01. The second kappa shape index (κ2) is 9.08. The third kappa shape index (κ3) is 5.23. The smallest absolute Gasteiger partial charge is 0.221 e. The Bertz CT molecular complexity index is 909. The Morgan fingerprint density at radius 2 is 1.85 bits per heavy atom. The van der Waals surface area contributed by atoms with E-state index < -0.39 is 0 Å². The van der Waals surface area contributed by atoms with E-state index in [-0.39, 0.29) is 18.0 Å². The lowest BCUT2D eigenvalue weighted by Gasteiger charge is -2.11. The van der Waals surface area contributed by atoms with Gasteiger partial charge in [-0.3, -0.25) is 4.79 Å². The fraction of sp³-hybridized carbons (Fsp3) is 0.217. The van der Waals surface area contributed by atoms with E-state index in [1.165, 1.54) is 12.1 Å². The number of pyridine rings is 1. The van der Waals surface area contributed by atoms with Crippen molar-refractivity contribution in [1.29, 1.82) is 0 Å². The Labute approximate surface area is 158 Å². The zero-order valence-corrected chi connectivity index (χ0v) is 15.3. The number of nitrogens with zero attached hydrogens (tertiary/aromatic N) is 1. The first-order chi connectivity index (χ1) is 13.2. The van der Waals surface area contributed by atoms with Crippen molar-refractivity contribution in [2.45, 2.75) is 26.2 Å². The number of ether oxygens (including phenoxy) is 1. The highest BCUT2D eigenvalue weighted by Gasteiger charge is 2.12. The molecular weight excluding hydrogens is 341 g/mol. The molecule has 0 radical (unpaired) electrons. The predicted molar refractivity (Wildman–Crippen MR) is 104 cm³/mol. The lowest BCUT2D eigenvalue weighted by Crippen LogP contribution is -2.07. The Balaban J connectivity index is 1.69. The molecule has 27 heavy (non-hydrogen) atoms. The Morgan fingerprint density at radius 1 is 1.04 bits per heavy atom. The lowest BCUT2D eigenvalue weighted by molar-refractivity contribution is -0.118. The van der Waals surface area contributed by atoms with Crippen LogP contribution in [0.15, 0.2) is 66.7 Å². The molecule has 0 saturated carbocycles. The van der Waals surface area contributed by atoms with E-state index >= 15 is 0 Å². The first-order valence-electron chi connectivity index (χ1n) is 9.10. The van der Waals surface area contributed by atoms with E-state index in [2.05, 4.69) is 4.98 Å². The van der Waals surface area contributed by atoms with Crippen LogP contribution in [0, 0.1) is 5.82 Å². The molecule has 0 bridgehead atoms. The minimum atomic E-state index is -0.278. The largest absolute Gasteiger partial charge is 0.478 e. The van der Waals surface area contributed by atoms with Crippen LogP contribution in [-0.4, -0.2) is 17.4 Å². The van der Waals surface area contributed by atoms with Gasteiger partial charge in [-0.25, -0.2) is 9.37 Å². The van der Waals surface area contributed by atoms with Crippen LogP contribution in [0.2, 0.25) is 0 Å². The molecule has 0 saturated heterocycles. The van der Waals surface area contributed by atoms with Crippen LogP contribution in [0.3, 0.4) is 0 Å². The molecule has 2 aromatic carbocycles. The predicted octanol–water partition coefficient (Wildman–Crippen LogP) is 5.03. The third-order valence-corrected chi connectivity index (χ3v) is 4.24. The van der Waals surface area contributed by atoms with E-state index in [9.17, 15) is 9.18 Å². The highest BCUT2D eigenvalue weighted by molar-refractivity contribution is 5.81. The van der Waals surface area contributed by atoms with Crippen LogP contribution >= 0.6 is 0 Å². The molecule has 3 aromatic rings. The molecule has 3 nitrogen and oxygen atoms in total. The van der Waals surface area contributed by atoms with Gasteiger partial charge in [0, 0.05) is 18.4 Å². The van der Waals surface area contributed by atoms with Gasteiger partial charge >= 0.3 is 0 Å². The monoisotopic (exact) mass is 363 g/mol. The number of rotatable bonds is 8. The maximum Gasteiger partial charge on any atom is 0.221 e. The summed E-state index contributed by atoms with van der Waals surface area (Å²) in [6.07, 6.45) is 1.12. The summed E-state index contributed by atoms with van der Waals surface area (Å²) in [5.41, 5.74) is 3.44. The van der Waals surface area contributed by atoms with Crippen LogP contribution in [0.1, 0.15) is 24.6 Å². The maximum absolute atomic E-state index is 13.2. The molecule has 0 N–H and O–H groups in total. The van der Waals surface area contributed by atoms with Crippen LogP contribution in [0.5, 0.6) is 5.88 Å². The average molecular weight is 363 g/mol. The first-order valence-corrected chi connectivity index (χ1v) is 9.10. The molecule has 0 spiro atoms. The van der Waals surface area contributed by atoms with Crippen molar-refractivity contribution >= 4 is 5.78 Å². The molecule has 0 amide bonds. The van der Waals surface area contributed by atoms with Crippen LogP contribution in [0.25, 0.3) is 11.1 Å². The number of aromatic nitrogens is 1. The average Bonchev–Trinajstić information content (AvgIpc) is 2.68. The summed E-state index contributed by atoms with van der Waals surface area (Å²) in [7, 11) is 0. The Kier molecular flexibility index (Phi) is 6.31. The molecular formula is C23H22FNO2. The molecule has 0 atom stereocenters. The number of halogens is 1. The summed E-state index contributed by atoms with van der Waals surface area (Å²) in [6, 6.07) is 20.1. The van der Waals surface area contributed by atoms with Crippen molar-refractivity contribution in [2.75, 3.05) is 6.61 Å². The van der Waals surface area contributed by atoms with Crippen LogP contribution in [-0.2, 0) is 17.6 Å². The number of carbonyl (C=O) groups excluding carboxylic acids is 1. The lowest BCUT2D eigenvalue weighted by atomic mass is 10.0. The van der Waals surface area contributed by atoms with Gasteiger partial charge in [-0.05, 0) is 48.7 Å². The number of benzene rings is 2. The minimum Gasteiger partial charge on any atom is -0.478 e. The number of ketones is 1. The summed E-state index contributed by atoms with van der Waals surface area (Å²) >= 11 is 0. The normalized spacial score (nSPS) is 10.6. The van der Waals surface area contributed by atoms with Gasteiger partial charge in [-0.15, -0.1) is 0 Å². The van der Waals surface area contributed by atoms with E-state index in [4.69, 9.17) is 4.74 Å². The number of hydrogen-bond acceptors (Lipinski definition) is 3. The molecule has 0 unspecified atom stereocenters. The standard InChI is InChI=1S/C23H22FNO2/c1-2-27-23-22(18-8-4-3-5-9-18)14-12-20(25-23)16-21(26)13-11-17-7-6-10-19(24)15-17/h3-10,12,14-15H,2,11,13,16H2,1H3. The van der Waals surface area contributed by atoms with Gasteiger partial charge in [-0.1, -0.05) is 42.5 Å². The zero-order valence-electron chi connectivity index (χ0n) is 15.3. The molecule has 1 heterocycles. The van der Waals surface area contributed by atoms with Gasteiger partial charge in [0.1, 0.15) is 11.6 Å². The molecule has 0 fully saturated rings. The number of Topliss-reactive ketones (excluding diaryl/α,β-unsaturated/α-hetero) is 1. The van der Waals surface area contributed by atoms with E-state index in [1.54, 1.807) is 6.07 Å².